The molecule has 0 spiro atoms. The molecule has 0 heterocycles. The van der Waals surface area contributed by atoms with Crippen molar-refractivity contribution in [3.63, 3.8) is 0 Å². The van der Waals surface area contributed by atoms with Crippen molar-refractivity contribution in [2.24, 2.45) is 5.73 Å². The molecule has 0 aliphatic carbocycles. The van der Waals surface area contributed by atoms with Gasteiger partial charge < -0.3 is 11.1 Å². The summed E-state index contributed by atoms with van der Waals surface area (Å²) in [6, 6.07) is 6.09. The molecule has 1 aromatic rings. The van der Waals surface area contributed by atoms with Gasteiger partial charge in [0.05, 0.1) is 12.6 Å². The predicted molar refractivity (Wildman–Crippen MR) is 78.7 cm³/mol. The van der Waals surface area contributed by atoms with Crippen molar-refractivity contribution in [3.8, 4) is 0 Å². The van der Waals surface area contributed by atoms with E-state index in [0.717, 1.165) is 0 Å². The van der Waals surface area contributed by atoms with Crippen LogP contribution in [0, 0.1) is 5.82 Å². The molecule has 3 N–H and O–H groups in total. The summed E-state index contributed by atoms with van der Waals surface area (Å²) in [6.07, 6.45) is 0.712. The van der Waals surface area contributed by atoms with Gasteiger partial charge in [-0.2, -0.15) is 0 Å². The van der Waals surface area contributed by atoms with Gasteiger partial charge in [-0.1, -0.05) is 32.0 Å². The maximum absolute atomic E-state index is 14.1. The van der Waals surface area contributed by atoms with Crippen molar-refractivity contribution in [3.05, 3.63) is 35.6 Å². The smallest absolute Gasteiger partial charge is 0.233 e. The summed E-state index contributed by atoms with van der Waals surface area (Å²) >= 11 is 0. The van der Waals surface area contributed by atoms with Gasteiger partial charge in [-0.15, -0.1) is 0 Å². The van der Waals surface area contributed by atoms with Gasteiger partial charge in [0, 0.05) is 18.7 Å². The number of rotatable bonds is 7. The Labute approximate surface area is 120 Å². The quantitative estimate of drug-likeness (QED) is 0.799. The normalized spacial score (nSPS) is 14.1. The zero-order valence-corrected chi connectivity index (χ0v) is 12.4. The van der Waals surface area contributed by atoms with Gasteiger partial charge in [0.1, 0.15) is 5.82 Å². The minimum Gasteiger partial charge on any atom is -0.358 e. The van der Waals surface area contributed by atoms with Gasteiger partial charge in [0.25, 0.3) is 0 Å². The zero-order valence-electron chi connectivity index (χ0n) is 12.4. The van der Waals surface area contributed by atoms with Crippen LogP contribution >= 0.6 is 0 Å². The highest BCUT2D eigenvalue weighted by molar-refractivity contribution is 5.77. The molecule has 1 aromatic carbocycles. The van der Waals surface area contributed by atoms with Crippen LogP contribution < -0.4 is 11.1 Å². The molecular formula is C15H24FN3O. The summed E-state index contributed by atoms with van der Waals surface area (Å²) in [5, 5.41) is 2.59. The lowest BCUT2D eigenvalue weighted by Gasteiger charge is -2.34. The Morgan fingerprint density at radius 2 is 2.05 bits per heavy atom. The van der Waals surface area contributed by atoms with Crippen LogP contribution in [-0.4, -0.2) is 37.0 Å². The Morgan fingerprint density at radius 3 is 2.55 bits per heavy atom. The van der Waals surface area contributed by atoms with Crippen molar-refractivity contribution < 1.29 is 9.18 Å². The van der Waals surface area contributed by atoms with Crippen LogP contribution in [-0.2, 0) is 4.79 Å². The van der Waals surface area contributed by atoms with Crippen LogP contribution in [0.2, 0.25) is 0 Å². The number of hydrogen-bond acceptors (Lipinski definition) is 3. The molecule has 1 rings (SSSR count). The van der Waals surface area contributed by atoms with E-state index in [1.54, 1.807) is 25.2 Å². The standard InChI is InChI=1S/C15H24FN3O/c1-4-13(17)15(11-8-6-7-9-12(11)16)19(5-2)10-14(20)18-3/h6-9,13,15H,4-5,10,17H2,1-3H3,(H,18,20). The number of carbonyl (C=O) groups excluding carboxylic acids is 1. The first-order valence-electron chi connectivity index (χ1n) is 6.99. The first-order chi connectivity index (χ1) is 9.54. The van der Waals surface area contributed by atoms with Crippen molar-refractivity contribution in [2.45, 2.75) is 32.4 Å². The summed E-state index contributed by atoms with van der Waals surface area (Å²) in [7, 11) is 1.59. The van der Waals surface area contributed by atoms with Crippen LogP contribution in [0.1, 0.15) is 31.9 Å². The summed E-state index contributed by atoms with van der Waals surface area (Å²) in [5.41, 5.74) is 6.72. The molecule has 20 heavy (non-hydrogen) atoms. The molecule has 0 radical (unpaired) electrons. The van der Waals surface area contributed by atoms with Crippen LogP contribution in [0.15, 0.2) is 24.3 Å². The monoisotopic (exact) mass is 281 g/mol. The average Bonchev–Trinajstić information content (AvgIpc) is 2.47. The van der Waals surface area contributed by atoms with Crippen molar-refractivity contribution >= 4 is 5.91 Å². The molecule has 1 amide bonds. The number of amides is 1. The van der Waals surface area contributed by atoms with Crippen LogP contribution in [0.4, 0.5) is 4.39 Å². The maximum Gasteiger partial charge on any atom is 0.233 e. The molecule has 0 aliphatic rings. The molecule has 112 valence electrons. The molecule has 5 heteroatoms. The van der Waals surface area contributed by atoms with E-state index in [1.807, 2.05) is 18.7 Å². The molecule has 0 bridgehead atoms. The summed E-state index contributed by atoms with van der Waals surface area (Å²) in [6.45, 7) is 4.74. The Hall–Kier alpha value is -1.46. The summed E-state index contributed by atoms with van der Waals surface area (Å²) < 4.78 is 14.1. The van der Waals surface area contributed by atoms with Gasteiger partial charge >= 0.3 is 0 Å². The second-order valence-electron chi connectivity index (χ2n) is 4.77. The first kappa shape index (κ1) is 16.6. The third-order valence-electron chi connectivity index (χ3n) is 3.53. The molecule has 4 nitrogen and oxygen atoms in total. The molecular weight excluding hydrogens is 257 g/mol. The van der Waals surface area contributed by atoms with Gasteiger partial charge in [0.2, 0.25) is 5.91 Å². The summed E-state index contributed by atoms with van der Waals surface area (Å²) in [5.74, 6) is -0.381. The number of benzene rings is 1. The molecule has 0 aromatic heterocycles. The van der Waals surface area contributed by atoms with Gasteiger partial charge in [-0.3, -0.25) is 9.69 Å². The predicted octanol–water partition coefficient (Wildman–Crippen LogP) is 1.67. The zero-order chi connectivity index (χ0) is 15.1. The molecule has 0 saturated heterocycles. The maximum atomic E-state index is 14.1. The van der Waals surface area contributed by atoms with Crippen molar-refractivity contribution in [1.29, 1.82) is 0 Å². The Morgan fingerprint density at radius 1 is 1.40 bits per heavy atom. The Bertz CT molecular complexity index is 439. The second kappa shape index (κ2) is 7.97. The Balaban J connectivity index is 3.10. The van der Waals surface area contributed by atoms with Crippen molar-refractivity contribution in [1.82, 2.24) is 10.2 Å². The highest BCUT2D eigenvalue weighted by Gasteiger charge is 2.28. The van der Waals surface area contributed by atoms with Crippen LogP contribution in [0.5, 0.6) is 0 Å². The number of carbonyl (C=O) groups is 1. The molecule has 0 fully saturated rings. The van der Waals surface area contributed by atoms with E-state index in [1.165, 1.54) is 6.07 Å². The SMILES string of the molecule is CCC(N)C(c1ccccc1F)N(CC)CC(=O)NC. The van der Waals surface area contributed by atoms with Gasteiger partial charge in [0.15, 0.2) is 0 Å². The first-order valence-corrected chi connectivity index (χ1v) is 6.99. The largest absolute Gasteiger partial charge is 0.358 e. The van der Waals surface area contributed by atoms with E-state index >= 15 is 0 Å². The minimum absolute atomic E-state index is 0.100. The Kier molecular flexibility index (Phi) is 6.61. The molecule has 2 atom stereocenters. The number of nitrogens with one attached hydrogen (secondary N) is 1. The van der Waals surface area contributed by atoms with Crippen LogP contribution in [0.3, 0.4) is 0 Å². The minimum atomic E-state index is -0.302. The lowest BCUT2D eigenvalue weighted by Crippen LogP contribution is -2.45. The van der Waals surface area contributed by atoms with Crippen LogP contribution in [0.25, 0.3) is 0 Å². The van der Waals surface area contributed by atoms with E-state index in [2.05, 4.69) is 5.32 Å². The van der Waals surface area contributed by atoms with Gasteiger partial charge in [-0.05, 0) is 19.0 Å². The summed E-state index contributed by atoms with van der Waals surface area (Å²) in [4.78, 5) is 13.5. The molecule has 0 aliphatic heterocycles. The topological polar surface area (TPSA) is 58.4 Å². The van der Waals surface area contributed by atoms with E-state index < -0.39 is 0 Å². The highest BCUT2D eigenvalue weighted by atomic mass is 19.1. The van der Waals surface area contributed by atoms with Crippen molar-refractivity contribution in [2.75, 3.05) is 20.1 Å². The van der Waals surface area contributed by atoms with E-state index in [9.17, 15) is 9.18 Å². The number of nitrogens with zero attached hydrogens (tertiary/aromatic N) is 1. The lowest BCUT2D eigenvalue weighted by atomic mass is 9.95. The van der Waals surface area contributed by atoms with E-state index in [0.29, 0.717) is 18.5 Å². The van der Waals surface area contributed by atoms with Gasteiger partial charge in [-0.25, -0.2) is 4.39 Å². The number of halogens is 1. The highest BCUT2D eigenvalue weighted by Crippen LogP contribution is 2.27. The van der Waals surface area contributed by atoms with E-state index in [4.69, 9.17) is 5.73 Å². The third-order valence-corrected chi connectivity index (χ3v) is 3.53. The number of nitrogens with two attached hydrogens (primary N) is 1. The fraction of sp³-hybridized carbons (Fsp3) is 0.533. The fourth-order valence-corrected chi connectivity index (χ4v) is 2.31. The fourth-order valence-electron chi connectivity index (χ4n) is 2.31. The molecule has 0 saturated carbocycles. The lowest BCUT2D eigenvalue weighted by molar-refractivity contribution is -0.122. The third kappa shape index (κ3) is 4.02. The number of likely N-dealkylation sites (N-methyl/N-ethyl adjacent to an activating group) is 2. The number of hydrogen-bond donors (Lipinski definition) is 2. The second-order valence-corrected chi connectivity index (χ2v) is 4.77. The average molecular weight is 281 g/mol. The van der Waals surface area contributed by atoms with E-state index in [-0.39, 0.29) is 30.4 Å². The molecule has 2 unspecified atom stereocenters.